The number of hydroxylamine groups is 2. The first-order chi connectivity index (χ1) is 13.4. The lowest BCUT2D eigenvalue weighted by atomic mass is 10.3. The van der Waals surface area contributed by atoms with Crippen molar-refractivity contribution in [3.63, 3.8) is 0 Å². The van der Waals surface area contributed by atoms with Crippen molar-refractivity contribution in [3.05, 3.63) is 60.7 Å². The van der Waals surface area contributed by atoms with E-state index >= 15 is 0 Å². The third kappa shape index (κ3) is 6.57. The number of amides is 2. The second kappa shape index (κ2) is 10.3. The summed E-state index contributed by atoms with van der Waals surface area (Å²) in [6, 6.07) is 16.8. The van der Waals surface area contributed by atoms with Crippen molar-refractivity contribution < 1.29 is 28.7 Å². The van der Waals surface area contributed by atoms with Gasteiger partial charge in [-0.25, -0.2) is 19.3 Å². The van der Waals surface area contributed by atoms with Crippen molar-refractivity contribution in [2.75, 3.05) is 0 Å². The normalized spacial score (nSPS) is 10.6. The van der Waals surface area contributed by atoms with Gasteiger partial charge < -0.3 is 9.47 Å². The summed E-state index contributed by atoms with van der Waals surface area (Å²) in [4.78, 5) is 36.3. The predicted octanol–water partition coefficient (Wildman–Crippen LogP) is 4.58. The zero-order valence-corrected chi connectivity index (χ0v) is 16.3. The second-order valence-electron chi connectivity index (χ2n) is 6.22. The maximum absolute atomic E-state index is 12.7. The fourth-order valence-corrected chi connectivity index (χ4v) is 1.98. The highest BCUT2D eigenvalue weighted by molar-refractivity contribution is 5.75. The smallest absolute Gasteiger partial charge is 0.407 e. The van der Waals surface area contributed by atoms with Gasteiger partial charge in [-0.05, 0) is 52.0 Å². The molecule has 28 heavy (non-hydrogen) atoms. The highest BCUT2D eigenvalue weighted by Crippen LogP contribution is 2.17. The topological polar surface area (TPSA) is 77.5 Å². The highest BCUT2D eigenvalue weighted by atomic mass is 16.9. The fourth-order valence-electron chi connectivity index (χ4n) is 1.98. The van der Waals surface area contributed by atoms with E-state index in [0.29, 0.717) is 10.3 Å². The molecule has 0 aliphatic heterocycles. The van der Waals surface area contributed by atoms with Crippen LogP contribution < -0.4 is 9.47 Å². The quantitative estimate of drug-likeness (QED) is 0.674. The van der Waals surface area contributed by atoms with E-state index < -0.39 is 24.4 Å². The Kier molecular flexibility index (Phi) is 7.79. The molecular weight excluding hydrogens is 364 g/mol. The summed E-state index contributed by atoms with van der Waals surface area (Å²) in [5, 5.41) is 1.20. The molecule has 0 saturated carbocycles. The van der Waals surface area contributed by atoms with Crippen LogP contribution in [0.15, 0.2) is 60.7 Å². The Balaban J connectivity index is 2.24. The number of rotatable bonds is 6. The van der Waals surface area contributed by atoms with Crippen LogP contribution in [-0.4, -0.2) is 34.7 Å². The molecule has 0 aliphatic carbocycles. The Labute approximate surface area is 164 Å². The van der Waals surface area contributed by atoms with Crippen LogP contribution in [0, 0.1) is 0 Å². The molecule has 0 heterocycles. The molecule has 0 spiro atoms. The van der Waals surface area contributed by atoms with Crippen LogP contribution in [0.1, 0.15) is 27.7 Å². The van der Waals surface area contributed by atoms with Gasteiger partial charge in [-0.1, -0.05) is 46.7 Å². The van der Waals surface area contributed by atoms with E-state index in [4.69, 9.17) is 19.1 Å². The molecule has 0 saturated heterocycles. The number of hydrogen-bond acceptors (Lipinski definition) is 6. The molecule has 2 amide bonds. The molecule has 8 heteroatoms. The number of carbonyl (C=O) groups is 2. The number of nitrogens with zero attached hydrogens (tertiary/aromatic N) is 2. The average molecular weight is 388 g/mol. The van der Waals surface area contributed by atoms with E-state index in [1.54, 1.807) is 88.4 Å². The first-order valence-corrected chi connectivity index (χ1v) is 8.84. The number of para-hydroxylation sites is 2. The molecule has 0 radical (unpaired) electrons. The van der Waals surface area contributed by atoms with Gasteiger partial charge in [0.25, 0.3) is 0 Å². The van der Waals surface area contributed by atoms with Crippen molar-refractivity contribution in [1.82, 2.24) is 10.3 Å². The summed E-state index contributed by atoms with van der Waals surface area (Å²) in [5.74, 6) is 0.566. The van der Waals surface area contributed by atoms with E-state index in [9.17, 15) is 9.59 Å². The number of carbonyl (C=O) groups excluding carboxylic acids is 2. The molecule has 150 valence electrons. The molecular formula is C20H24N2O6. The highest BCUT2D eigenvalue weighted by Gasteiger charge is 2.34. The SMILES string of the molecule is CC(C)ON(C(=O)Oc1ccccc1)N(OC(C)C)C(=O)Oc1ccccc1. The van der Waals surface area contributed by atoms with Crippen molar-refractivity contribution >= 4 is 12.2 Å². The van der Waals surface area contributed by atoms with Gasteiger partial charge in [0.05, 0.1) is 12.2 Å². The summed E-state index contributed by atoms with van der Waals surface area (Å²) in [7, 11) is 0. The van der Waals surface area contributed by atoms with Gasteiger partial charge in [0.15, 0.2) is 0 Å². The average Bonchev–Trinajstić information content (AvgIpc) is 2.65. The van der Waals surface area contributed by atoms with Gasteiger partial charge in [0, 0.05) is 0 Å². The largest absolute Gasteiger partial charge is 0.461 e. The molecule has 0 aliphatic rings. The Morgan fingerprint density at radius 2 is 0.964 bits per heavy atom. The van der Waals surface area contributed by atoms with E-state index in [1.807, 2.05) is 0 Å². The summed E-state index contributed by atoms with van der Waals surface area (Å²) in [5.41, 5.74) is 0. The second-order valence-corrected chi connectivity index (χ2v) is 6.22. The van der Waals surface area contributed by atoms with Gasteiger partial charge in [-0.15, -0.1) is 0 Å². The van der Waals surface area contributed by atoms with E-state index in [2.05, 4.69) is 0 Å². The Hall–Kier alpha value is -3.10. The first-order valence-electron chi connectivity index (χ1n) is 8.84. The van der Waals surface area contributed by atoms with Crippen LogP contribution in [0.4, 0.5) is 9.59 Å². The van der Waals surface area contributed by atoms with E-state index in [-0.39, 0.29) is 11.5 Å². The molecule has 0 fully saturated rings. The summed E-state index contributed by atoms with van der Waals surface area (Å²) >= 11 is 0. The minimum Gasteiger partial charge on any atom is -0.407 e. The molecule has 2 rings (SSSR count). The monoisotopic (exact) mass is 388 g/mol. The maximum atomic E-state index is 12.7. The number of ether oxygens (including phenoxy) is 2. The molecule has 0 aromatic heterocycles. The Bertz CT molecular complexity index is 686. The minimum absolute atomic E-state index is 0.283. The number of benzene rings is 2. The first kappa shape index (κ1) is 21.2. The van der Waals surface area contributed by atoms with Gasteiger partial charge in [-0.3, -0.25) is 0 Å². The molecule has 0 unspecified atom stereocenters. The van der Waals surface area contributed by atoms with E-state index in [1.165, 1.54) is 0 Å². The van der Waals surface area contributed by atoms with Crippen LogP contribution in [0.2, 0.25) is 0 Å². The zero-order valence-electron chi connectivity index (χ0n) is 16.3. The molecule has 2 aromatic carbocycles. The van der Waals surface area contributed by atoms with E-state index in [0.717, 1.165) is 0 Å². The minimum atomic E-state index is -0.967. The van der Waals surface area contributed by atoms with Crippen LogP contribution in [0.3, 0.4) is 0 Å². The van der Waals surface area contributed by atoms with Crippen molar-refractivity contribution in [3.8, 4) is 11.5 Å². The van der Waals surface area contributed by atoms with Gasteiger partial charge in [0.1, 0.15) is 11.5 Å². The van der Waals surface area contributed by atoms with Gasteiger partial charge in [0.2, 0.25) is 0 Å². The van der Waals surface area contributed by atoms with Crippen LogP contribution in [0.5, 0.6) is 11.5 Å². The molecule has 8 nitrogen and oxygen atoms in total. The zero-order chi connectivity index (χ0) is 20.5. The third-order valence-corrected chi connectivity index (χ3v) is 3.00. The van der Waals surface area contributed by atoms with Crippen LogP contribution >= 0.6 is 0 Å². The third-order valence-electron chi connectivity index (χ3n) is 3.00. The number of hydrogen-bond donors (Lipinski definition) is 0. The van der Waals surface area contributed by atoms with Crippen LogP contribution in [-0.2, 0) is 9.68 Å². The lowest BCUT2D eigenvalue weighted by Gasteiger charge is -2.32. The summed E-state index contributed by atoms with van der Waals surface area (Å²) in [6.07, 6.45) is -2.84. The van der Waals surface area contributed by atoms with Crippen molar-refractivity contribution in [1.29, 1.82) is 0 Å². The number of hydrazine groups is 1. The molecule has 0 N–H and O–H groups in total. The molecule has 2 aromatic rings. The molecule has 0 atom stereocenters. The van der Waals surface area contributed by atoms with Crippen molar-refractivity contribution in [2.45, 2.75) is 39.9 Å². The lowest BCUT2D eigenvalue weighted by molar-refractivity contribution is -0.372. The lowest BCUT2D eigenvalue weighted by Crippen LogP contribution is -2.53. The summed E-state index contributed by atoms with van der Waals surface area (Å²) in [6.45, 7) is 6.77. The Morgan fingerprint density at radius 1 is 0.643 bits per heavy atom. The standard InChI is InChI=1S/C20H24N2O6/c1-15(2)27-21(19(23)25-17-11-7-5-8-12-17)22(28-16(3)4)20(24)26-18-13-9-6-10-14-18/h5-16H,1-4H3. The van der Waals surface area contributed by atoms with Crippen LogP contribution in [0.25, 0.3) is 0 Å². The Morgan fingerprint density at radius 3 is 1.25 bits per heavy atom. The van der Waals surface area contributed by atoms with Gasteiger partial charge >= 0.3 is 12.2 Å². The van der Waals surface area contributed by atoms with Gasteiger partial charge in [-0.2, -0.15) is 0 Å². The van der Waals surface area contributed by atoms with Crippen molar-refractivity contribution in [2.24, 2.45) is 0 Å². The maximum Gasteiger partial charge on any atom is 0.461 e. The predicted molar refractivity (Wildman–Crippen MR) is 101 cm³/mol. The molecule has 0 bridgehead atoms. The summed E-state index contributed by atoms with van der Waals surface area (Å²) < 4.78 is 10.5. The fraction of sp³-hybridized carbons (Fsp3) is 0.300.